The lowest BCUT2D eigenvalue weighted by Gasteiger charge is -2.36. The summed E-state index contributed by atoms with van der Waals surface area (Å²) in [6, 6.07) is 4.48. The highest BCUT2D eigenvalue weighted by atomic mass is 16.5. The van der Waals surface area contributed by atoms with Gasteiger partial charge >= 0.3 is 5.97 Å². The van der Waals surface area contributed by atoms with Crippen molar-refractivity contribution >= 4 is 17.6 Å². The Bertz CT molecular complexity index is 526. The second-order valence-electron chi connectivity index (χ2n) is 4.71. The van der Waals surface area contributed by atoms with Gasteiger partial charge in [-0.15, -0.1) is 0 Å². The summed E-state index contributed by atoms with van der Waals surface area (Å²) in [6.45, 7) is 5.26. The second-order valence-corrected chi connectivity index (χ2v) is 4.71. The molecule has 0 fully saturated rings. The Morgan fingerprint density at radius 1 is 1.53 bits per heavy atom. The molecule has 0 aliphatic carbocycles. The molecule has 5 nitrogen and oxygen atoms in total. The monoisotopic (exact) mass is 263 g/mol. The summed E-state index contributed by atoms with van der Waals surface area (Å²) < 4.78 is 5.65. The number of aryl methyl sites for hydroxylation is 1. The first-order valence-electron chi connectivity index (χ1n) is 6.29. The van der Waals surface area contributed by atoms with E-state index in [1.165, 1.54) is 11.8 Å². The van der Waals surface area contributed by atoms with Crippen LogP contribution in [0.25, 0.3) is 0 Å². The van der Waals surface area contributed by atoms with Gasteiger partial charge in [-0.05, 0) is 38.0 Å². The zero-order chi connectivity index (χ0) is 14.2. The van der Waals surface area contributed by atoms with Gasteiger partial charge in [-0.3, -0.25) is 9.69 Å². The summed E-state index contributed by atoms with van der Waals surface area (Å²) in [5, 5.41) is 9.16. The van der Waals surface area contributed by atoms with Crippen molar-refractivity contribution in [3.8, 4) is 5.75 Å². The van der Waals surface area contributed by atoms with Crippen LogP contribution >= 0.6 is 0 Å². The number of benzene rings is 1. The highest BCUT2D eigenvalue weighted by Gasteiger charge is 2.38. The lowest BCUT2D eigenvalue weighted by atomic mass is 10.1. The molecule has 1 N–H and O–H groups in total. The van der Waals surface area contributed by atoms with Crippen LogP contribution in [0.3, 0.4) is 0 Å². The average molecular weight is 263 g/mol. The smallest absolute Gasteiger partial charge is 0.326 e. The first kappa shape index (κ1) is 13.4. The molecule has 2 atom stereocenters. The SMILES string of the molecule is CCC1Oc2cc(C)ccc2N(C(C)C(=O)O)C1=O. The number of amides is 1. The van der Waals surface area contributed by atoms with E-state index in [9.17, 15) is 9.59 Å². The Hall–Kier alpha value is -2.04. The van der Waals surface area contributed by atoms with E-state index in [0.29, 0.717) is 17.9 Å². The number of hydrogen-bond donors (Lipinski definition) is 1. The minimum Gasteiger partial charge on any atom is -0.480 e. The Kier molecular flexibility index (Phi) is 3.46. The molecule has 2 unspecified atom stereocenters. The molecule has 19 heavy (non-hydrogen) atoms. The van der Waals surface area contributed by atoms with Gasteiger partial charge in [-0.25, -0.2) is 4.79 Å². The Morgan fingerprint density at radius 2 is 2.21 bits per heavy atom. The lowest BCUT2D eigenvalue weighted by Crippen LogP contribution is -2.52. The number of carboxylic acid groups (broad SMARTS) is 1. The van der Waals surface area contributed by atoms with Crippen LogP contribution in [0.2, 0.25) is 0 Å². The van der Waals surface area contributed by atoms with Gasteiger partial charge in [0.2, 0.25) is 0 Å². The number of nitrogens with zero attached hydrogens (tertiary/aromatic N) is 1. The van der Waals surface area contributed by atoms with Gasteiger partial charge in [-0.1, -0.05) is 13.0 Å². The van der Waals surface area contributed by atoms with E-state index in [2.05, 4.69) is 0 Å². The molecule has 0 radical (unpaired) electrons. The first-order chi connectivity index (χ1) is 8.95. The van der Waals surface area contributed by atoms with E-state index >= 15 is 0 Å². The normalized spacial score (nSPS) is 19.6. The van der Waals surface area contributed by atoms with Crippen molar-refractivity contribution in [1.82, 2.24) is 0 Å². The molecule has 1 aromatic rings. The maximum absolute atomic E-state index is 12.3. The molecule has 102 valence electrons. The van der Waals surface area contributed by atoms with E-state index in [0.717, 1.165) is 5.56 Å². The molecular formula is C14H17NO4. The average Bonchev–Trinajstić information content (AvgIpc) is 2.37. The fourth-order valence-electron chi connectivity index (χ4n) is 2.16. The highest BCUT2D eigenvalue weighted by molar-refractivity contribution is 6.04. The van der Waals surface area contributed by atoms with E-state index in [1.807, 2.05) is 26.0 Å². The molecule has 0 saturated carbocycles. The number of rotatable bonds is 3. The zero-order valence-electron chi connectivity index (χ0n) is 11.2. The first-order valence-corrected chi connectivity index (χ1v) is 6.29. The molecular weight excluding hydrogens is 246 g/mol. The van der Waals surface area contributed by atoms with Crippen molar-refractivity contribution in [2.24, 2.45) is 0 Å². The topological polar surface area (TPSA) is 66.8 Å². The van der Waals surface area contributed by atoms with Crippen molar-refractivity contribution in [3.05, 3.63) is 23.8 Å². The summed E-state index contributed by atoms with van der Waals surface area (Å²) in [6.07, 6.45) is -0.106. The molecule has 0 bridgehead atoms. The third-order valence-electron chi connectivity index (χ3n) is 3.27. The quantitative estimate of drug-likeness (QED) is 0.905. The van der Waals surface area contributed by atoms with Gasteiger partial charge in [0.05, 0.1) is 5.69 Å². The molecule has 0 spiro atoms. The van der Waals surface area contributed by atoms with E-state index in [-0.39, 0.29) is 5.91 Å². The van der Waals surface area contributed by atoms with E-state index in [1.54, 1.807) is 6.07 Å². The number of carbonyl (C=O) groups is 2. The third kappa shape index (κ3) is 2.28. The second kappa shape index (κ2) is 4.91. The number of ether oxygens (including phenoxy) is 1. The number of carboxylic acids is 1. The standard InChI is InChI=1S/C14H17NO4/c1-4-11-13(16)15(9(3)14(17)18)10-6-5-8(2)7-12(10)19-11/h5-7,9,11H,4H2,1-3H3,(H,17,18). The minimum atomic E-state index is -1.03. The molecule has 0 aromatic heterocycles. The van der Waals surface area contributed by atoms with E-state index in [4.69, 9.17) is 9.84 Å². The van der Waals surface area contributed by atoms with Gasteiger partial charge in [0.1, 0.15) is 11.8 Å². The molecule has 1 aliphatic rings. The fraction of sp³-hybridized carbons (Fsp3) is 0.429. The van der Waals surface area contributed by atoms with Crippen LogP contribution in [0.1, 0.15) is 25.8 Å². The van der Waals surface area contributed by atoms with Gasteiger partial charge < -0.3 is 9.84 Å². The number of anilines is 1. The maximum atomic E-state index is 12.3. The van der Waals surface area contributed by atoms with Crippen LogP contribution < -0.4 is 9.64 Å². The predicted molar refractivity (Wildman–Crippen MR) is 70.5 cm³/mol. The van der Waals surface area contributed by atoms with Gasteiger partial charge in [0.15, 0.2) is 6.10 Å². The molecule has 5 heteroatoms. The van der Waals surface area contributed by atoms with Crippen molar-refractivity contribution in [1.29, 1.82) is 0 Å². The Balaban J connectivity index is 2.51. The zero-order valence-corrected chi connectivity index (χ0v) is 11.2. The predicted octanol–water partition coefficient (Wildman–Crippen LogP) is 1.97. The molecule has 0 saturated heterocycles. The fourth-order valence-corrected chi connectivity index (χ4v) is 2.16. The van der Waals surface area contributed by atoms with Crippen LogP contribution in [-0.2, 0) is 9.59 Å². The van der Waals surface area contributed by atoms with Gasteiger partial charge in [0, 0.05) is 0 Å². The number of hydrogen-bond acceptors (Lipinski definition) is 3. The lowest BCUT2D eigenvalue weighted by molar-refractivity contribution is -0.140. The molecule has 1 aliphatic heterocycles. The van der Waals surface area contributed by atoms with Crippen molar-refractivity contribution < 1.29 is 19.4 Å². The van der Waals surface area contributed by atoms with Gasteiger partial charge in [-0.2, -0.15) is 0 Å². The summed E-state index contributed by atoms with van der Waals surface area (Å²) in [5.74, 6) is -0.759. The number of fused-ring (bicyclic) bond motifs is 1. The number of carbonyl (C=O) groups excluding carboxylic acids is 1. The van der Waals surface area contributed by atoms with Crippen LogP contribution in [0.4, 0.5) is 5.69 Å². The van der Waals surface area contributed by atoms with Crippen LogP contribution in [0.15, 0.2) is 18.2 Å². The highest BCUT2D eigenvalue weighted by Crippen LogP contribution is 2.36. The number of aliphatic carboxylic acids is 1. The van der Waals surface area contributed by atoms with Gasteiger partial charge in [0.25, 0.3) is 5.91 Å². The molecule has 1 heterocycles. The van der Waals surface area contributed by atoms with Crippen molar-refractivity contribution in [3.63, 3.8) is 0 Å². The summed E-state index contributed by atoms with van der Waals surface area (Å²) in [4.78, 5) is 24.8. The minimum absolute atomic E-state index is 0.297. The van der Waals surface area contributed by atoms with Crippen molar-refractivity contribution in [2.45, 2.75) is 39.3 Å². The van der Waals surface area contributed by atoms with E-state index < -0.39 is 18.1 Å². The summed E-state index contributed by atoms with van der Waals surface area (Å²) in [7, 11) is 0. The third-order valence-corrected chi connectivity index (χ3v) is 3.27. The molecule has 1 aromatic carbocycles. The summed E-state index contributed by atoms with van der Waals surface area (Å²) >= 11 is 0. The maximum Gasteiger partial charge on any atom is 0.326 e. The Labute approximate surface area is 111 Å². The largest absolute Gasteiger partial charge is 0.480 e. The van der Waals surface area contributed by atoms with Crippen LogP contribution in [0, 0.1) is 6.92 Å². The summed E-state index contributed by atoms with van der Waals surface area (Å²) in [5.41, 5.74) is 1.53. The molecule has 1 amide bonds. The molecule has 2 rings (SSSR count). The Morgan fingerprint density at radius 3 is 2.79 bits per heavy atom. The van der Waals surface area contributed by atoms with Crippen LogP contribution in [0.5, 0.6) is 5.75 Å². The van der Waals surface area contributed by atoms with Crippen molar-refractivity contribution in [2.75, 3.05) is 4.90 Å². The van der Waals surface area contributed by atoms with Crippen LogP contribution in [-0.4, -0.2) is 29.1 Å².